The number of nitrogens with two attached hydrogens (primary N) is 2. The van der Waals surface area contributed by atoms with Gasteiger partial charge in [0.15, 0.2) is 5.96 Å². The van der Waals surface area contributed by atoms with Crippen LogP contribution < -0.4 is 29.1 Å². The van der Waals surface area contributed by atoms with Crippen molar-refractivity contribution in [2.45, 2.75) is 18.9 Å². The van der Waals surface area contributed by atoms with E-state index in [1.807, 2.05) is 0 Å². The molecule has 19 heavy (non-hydrogen) atoms. The van der Waals surface area contributed by atoms with Crippen molar-refractivity contribution in [3.8, 4) is 0 Å². The van der Waals surface area contributed by atoms with Crippen LogP contribution in [0, 0.1) is 5.41 Å². The normalized spacial score (nSPS) is 10.7. The van der Waals surface area contributed by atoms with Crippen molar-refractivity contribution in [2.24, 2.45) is 11.5 Å². The molecule has 0 aliphatic carbocycles. The highest BCUT2D eigenvalue weighted by molar-refractivity contribution is 7.79. The standard InChI is InChI=1S/C6H14N4O2.2H3N.H2O4S/c7-4(5(11)12)2-1-3-10-6(8)9;;;1-5(2,3)4/h4H,1-3,7H2,(H,11,12)(H4,8,9,10);2*1H3;(H2,1,2,3,4). The summed E-state index contributed by atoms with van der Waals surface area (Å²) < 4.78 is 31.6. The molecular formula is C6H22N6O6S. The van der Waals surface area contributed by atoms with Gasteiger partial charge in [0, 0.05) is 6.54 Å². The van der Waals surface area contributed by atoms with Crippen LogP contribution in [-0.2, 0) is 15.2 Å². The van der Waals surface area contributed by atoms with Crippen molar-refractivity contribution in [3.63, 3.8) is 0 Å². The molecule has 1 atom stereocenters. The molecule has 0 aromatic carbocycles. The predicted molar refractivity (Wildman–Crippen MR) is 69.0 cm³/mol. The third-order valence-corrected chi connectivity index (χ3v) is 1.32. The SMILES string of the molecule is N.N.N=C(N)NCCCC(N)C(=O)O.O=S(=O)(O)O. The number of nitrogens with one attached hydrogen (secondary N) is 2. The highest BCUT2D eigenvalue weighted by Gasteiger charge is 2.09. The molecule has 0 radical (unpaired) electrons. The maximum atomic E-state index is 10.2. The van der Waals surface area contributed by atoms with Crippen LogP contribution in [0.1, 0.15) is 12.8 Å². The van der Waals surface area contributed by atoms with Crippen LogP contribution in [0.2, 0.25) is 0 Å². The Morgan fingerprint density at radius 1 is 1.32 bits per heavy atom. The van der Waals surface area contributed by atoms with Gasteiger partial charge in [0.2, 0.25) is 0 Å². The molecule has 0 aromatic heterocycles. The van der Waals surface area contributed by atoms with E-state index in [2.05, 4.69) is 5.32 Å². The molecule has 0 aromatic rings. The molecule has 15 N–H and O–H groups in total. The van der Waals surface area contributed by atoms with Gasteiger partial charge >= 0.3 is 16.4 Å². The topological polar surface area (TPSA) is 270 Å². The van der Waals surface area contributed by atoms with E-state index in [0.717, 1.165) is 0 Å². The number of aliphatic carboxylic acids is 1. The lowest BCUT2D eigenvalue weighted by atomic mass is 10.2. The van der Waals surface area contributed by atoms with Crippen molar-refractivity contribution in [3.05, 3.63) is 0 Å². The van der Waals surface area contributed by atoms with E-state index in [9.17, 15) is 4.79 Å². The monoisotopic (exact) mass is 306 g/mol. The van der Waals surface area contributed by atoms with E-state index in [-0.39, 0.29) is 18.3 Å². The van der Waals surface area contributed by atoms with Crippen molar-refractivity contribution >= 4 is 22.3 Å². The van der Waals surface area contributed by atoms with E-state index >= 15 is 0 Å². The zero-order valence-corrected chi connectivity index (χ0v) is 11.1. The molecular weight excluding hydrogens is 284 g/mol. The van der Waals surface area contributed by atoms with Crippen LogP contribution in [0.25, 0.3) is 0 Å². The van der Waals surface area contributed by atoms with Crippen LogP contribution in [-0.4, -0.2) is 47.1 Å². The van der Waals surface area contributed by atoms with Crippen molar-refractivity contribution in [2.75, 3.05) is 6.54 Å². The number of guanidine groups is 1. The fraction of sp³-hybridized carbons (Fsp3) is 0.667. The number of hydrogen-bond donors (Lipinski definition) is 9. The highest BCUT2D eigenvalue weighted by Crippen LogP contribution is 1.92. The Morgan fingerprint density at radius 3 is 1.95 bits per heavy atom. The van der Waals surface area contributed by atoms with E-state index in [0.29, 0.717) is 19.4 Å². The summed E-state index contributed by atoms with van der Waals surface area (Å²) >= 11 is 0. The molecule has 0 saturated carbocycles. The minimum atomic E-state index is -4.67. The first-order chi connectivity index (χ1) is 7.54. The molecule has 1 unspecified atom stereocenters. The van der Waals surface area contributed by atoms with Gasteiger partial charge in [-0.25, -0.2) is 0 Å². The van der Waals surface area contributed by atoms with E-state index in [1.165, 1.54) is 0 Å². The molecule has 0 amide bonds. The van der Waals surface area contributed by atoms with Crippen molar-refractivity contribution in [1.29, 1.82) is 5.41 Å². The Bertz CT molecular complexity index is 338. The van der Waals surface area contributed by atoms with Crippen LogP contribution in [0.3, 0.4) is 0 Å². The molecule has 13 heteroatoms. The minimum absolute atomic E-state index is 0. The van der Waals surface area contributed by atoms with E-state index < -0.39 is 22.4 Å². The van der Waals surface area contributed by atoms with Gasteiger partial charge in [-0.1, -0.05) is 0 Å². The molecule has 0 fully saturated rings. The van der Waals surface area contributed by atoms with Gasteiger partial charge < -0.3 is 34.2 Å². The lowest BCUT2D eigenvalue weighted by Crippen LogP contribution is -2.34. The fourth-order valence-corrected chi connectivity index (χ4v) is 0.669. The summed E-state index contributed by atoms with van der Waals surface area (Å²) in [7, 11) is -4.67. The zero-order valence-electron chi connectivity index (χ0n) is 10.2. The summed E-state index contributed by atoms with van der Waals surface area (Å²) in [5.74, 6) is -1.11. The van der Waals surface area contributed by atoms with Gasteiger partial charge in [-0.2, -0.15) is 8.42 Å². The van der Waals surface area contributed by atoms with Gasteiger partial charge in [-0.15, -0.1) is 0 Å². The van der Waals surface area contributed by atoms with Gasteiger partial charge in [0.05, 0.1) is 0 Å². The average molecular weight is 306 g/mol. The predicted octanol–water partition coefficient (Wildman–Crippen LogP) is -1.67. The zero-order chi connectivity index (χ0) is 14.1. The molecule has 0 aliphatic rings. The van der Waals surface area contributed by atoms with Gasteiger partial charge in [0.25, 0.3) is 0 Å². The average Bonchev–Trinajstić information content (AvgIpc) is 2.08. The maximum Gasteiger partial charge on any atom is 0.394 e. The van der Waals surface area contributed by atoms with Crippen LogP contribution >= 0.6 is 0 Å². The lowest BCUT2D eigenvalue weighted by Gasteiger charge is -2.06. The van der Waals surface area contributed by atoms with Gasteiger partial charge in [0.1, 0.15) is 6.04 Å². The number of carboxylic acid groups (broad SMARTS) is 1. The second-order valence-electron chi connectivity index (χ2n) is 2.88. The molecule has 0 aliphatic heterocycles. The summed E-state index contributed by atoms with van der Waals surface area (Å²) in [5, 5.41) is 17.7. The first-order valence-corrected chi connectivity index (χ1v) is 5.70. The fourth-order valence-electron chi connectivity index (χ4n) is 0.669. The number of carbonyl (C=O) groups is 1. The summed E-state index contributed by atoms with van der Waals surface area (Å²) in [6.45, 7) is 0.482. The number of carboxylic acids is 1. The Morgan fingerprint density at radius 2 is 1.68 bits per heavy atom. The van der Waals surface area contributed by atoms with Crippen molar-refractivity contribution in [1.82, 2.24) is 17.6 Å². The third-order valence-electron chi connectivity index (χ3n) is 1.32. The smallest absolute Gasteiger partial charge is 0.394 e. The van der Waals surface area contributed by atoms with E-state index in [1.54, 1.807) is 0 Å². The van der Waals surface area contributed by atoms with Gasteiger partial charge in [-0.3, -0.25) is 19.3 Å². The summed E-state index contributed by atoms with van der Waals surface area (Å²) in [6.07, 6.45) is 0.975. The molecule has 12 nitrogen and oxygen atoms in total. The molecule has 0 spiro atoms. The molecule has 0 saturated heterocycles. The lowest BCUT2D eigenvalue weighted by molar-refractivity contribution is -0.138. The van der Waals surface area contributed by atoms with Crippen molar-refractivity contribution < 1.29 is 27.4 Å². The quantitative estimate of drug-likeness (QED) is 0.120. The third kappa shape index (κ3) is 38.4. The molecule has 0 heterocycles. The second-order valence-corrected chi connectivity index (χ2v) is 3.77. The Kier molecular flexibility index (Phi) is 17.8. The minimum Gasteiger partial charge on any atom is -0.480 e. The molecule has 0 bridgehead atoms. The first kappa shape index (κ1) is 26.1. The Hall–Kier alpha value is -1.51. The van der Waals surface area contributed by atoms with Crippen LogP contribution in [0.5, 0.6) is 0 Å². The largest absolute Gasteiger partial charge is 0.480 e. The van der Waals surface area contributed by atoms with E-state index in [4.69, 9.17) is 39.5 Å². The summed E-state index contributed by atoms with van der Waals surface area (Å²) in [5.41, 5.74) is 10.2. The van der Waals surface area contributed by atoms with Crippen LogP contribution in [0.15, 0.2) is 0 Å². The Balaban J connectivity index is -0.000000139. The summed E-state index contributed by atoms with van der Waals surface area (Å²) in [4.78, 5) is 10.2. The number of hydrogen-bond acceptors (Lipinski definition) is 7. The Labute approximate surface area is 110 Å². The maximum absolute atomic E-state index is 10.2. The number of rotatable bonds is 5. The molecule has 0 rings (SSSR count). The summed E-state index contributed by atoms with van der Waals surface area (Å²) in [6, 6.07) is -0.821. The van der Waals surface area contributed by atoms with Gasteiger partial charge in [-0.05, 0) is 12.8 Å². The van der Waals surface area contributed by atoms with Crippen LogP contribution in [0.4, 0.5) is 0 Å². The highest BCUT2D eigenvalue weighted by atomic mass is 32.3. The molecule has 118 valence electrons. The first-order valence-electron chi connectivity index (χ1n) is 4.30. The second kappa shape index (κ2) is 12.9.